The standard InChI is InChI=1S/C12H15F3N2O/c1-3-17(4-2)16-11(18)9-7-5-6-8-10(9)12(13,14)15/h5-8H,3-4H2,1-2H3,(H,16,18). The highest BCUT2D eigenvalue weighted by Gasteiger charge is 2.34. The summed E-state index contributed by atoms with van der Waals surface area (Å²) in [5, 5.41) is 1.54. The zero-order valence-electron chi connectivity index (χ0n) is 10.2. The van der Waals surface area contributed by atoms with Crippen LogP contribution in [0.15, 0.2) is 24.3 Å². The van der Waals surface area contributed by atoms with E-state index in [1.165, 1.54) is 23.2 Å². The number of benzene rings is 1. The van der Waals surface area contributed by atoms with E-state index in [0.29, 0.717) is 13.1 Å². The van der Waals surface area contributed by atoms with Gasteiger partial charge in [-0.1, -0.05) is 26.0 Å². The molecular formula is C12H15F3N2O. The summed E-state index contributed by atoms with van der Waals surface area (Å²) < 4.78 is 38.1. The number of carbonyl (C=O) groups excluding carboxylic acids is 1. The number of hydrazine groups is 1. The molecule has 0 spiro atoms. The van der Waals surface area contributed by atoms with Gasteiger partial charge in [-0.25, -0.2) is 5.01 Å². The average Bonchev–Trinajstić information content (AvgIpc) is 2.34. The summed E-state index contributed by atoms with van der Waals surface area (Å²) in [5.41, 5.74) is 1.15. The maximum atomic E-state index is 12.7. The molecule has 0 unspecified atom stereocenters. The normalized spacial score (nSPS) is 11.7. The molecule has 0 aliphatic heterocycles. The van der Waals surface area contributed by atoms with Gasteiger partial charge in [-0.15, -0.1) is 0 Å². The molecule has 0 saturated carbocycles. The van der Waals surface area contributed by atoms with E-state index < -0.39 is 17.6 Å². The van der Waals surface area contributed by atoms with Gasteiger partial charge in [0.05, 0.1) is 11.1 Å². The predicted molar refractivity (Wildman–Crippen MR) is 61.8 cm³/mol. The first-order chi connectivity index (χ1) is 8.40. The first-order valence-corrected chi connectivity index (χ1v) is 5.62. The van der Waals surface area contributed by atoms with Crippen molar-refractivity contribution in [1.82, 2.24) is 10.4 Å². The highest BCUT2D eigenvalue weighted by Crippen LogP contribution is 2.31. The number of carbonyl (C=O) groups is 1. The fraction of sp³-hybridized carbons (Fsp3) is 0.417. The summed E-state index contributed by atoms with van der Waals surface area (Å²) in [6, 6.07) is 4.74. The van der Waals surface area contributed by atoms with Crippen LogP contribution in [0.4, 0.5) is 13.2 Å². The molecule has 1 rings (SSSR count). The van der Waals surface area contributed by atoms with Crippen molar-refractivity contribution in [3.05, 3.63) is 35.4 Å². The van der Waals surface area contributed by atoms with Gasteiger partial charge < -0.3 is 0 Å². The van der Waals surface area contributed by atoms with Crippen molar-refractivity contribution in [1.29, 1.82) is 0 Å². The maximum Gasteiger partial charge on any atom is 0.417 e. The lowest BCUT2D eigenvalue weighted by molar-refractivity contribution is -0.138. The quantitative estimate of drug-likeness (QED) is 0.844. The van der Waals surface area contributed by atoms with Gasteiger partial charge in [0.25, 0.3) is 5.91 Å². The molecule has 0 fully saturated rings. The number of hydrogen-bond acceptors (Lipinski definition) is 2. The van der Waals surface area contributed by atoms with Crippen LogP contribution >= 0.6 is 0 Å². The number of amides is 1. The third-order valence-electron chi connectivity index (χ3n) is 2.50. The zero-order valence-corrected chi connectivity index (χ0v) is 10.2. The smallest absolute Gasteiger partial charge is 0.285 e. The molecule has 1 aromatic rings. The molecule has 0 saturated heterocycles. The van der Waals surface area contributed by atoms with Crippen molar-refractivity contribution in [2.75, 3.05) is 13.1 Å². The van der Waals surface area contributed by atoms with Crippen molar-refractivity contribution in [3.8, 4) is 0 Å². The molecule has 1 amide bonds. The highest BCUT2D eigenvalue weighted by atomic mass is 19.4. The molecular weight excluding hydrogens is 245 g/mol. The Balaban J connectivity index is 2.99. The van der Waals surface area contributed by atoms with Crippen molar-refractivity contribution < 1.29 is 18.0 Å². The monoisotopic (exact) mass is 260 g/mol. The molecule has 0 radical (unpaired) electrons. The van der Waals surface area contributed by atoms with Gasteiger partial charge in [0.1, 0.15) is 0 Å². The van der Waals surface area contributed by atoms with Gasteiger partial charge in [0.15, 0.2) is 0 Å². The summed E-state index contributed by atoms with van der Waals surface area (Å²) in [5.74, 6) is -0.744. The largest absolute Gasteiger partial charge is 0.417 e. The van der Waals surface area contributed by atoms with Crippen molar-refractivity contribution in [2.45, 2.75) is 20.0 Å². The van der Waals surface area contributed by atoms with Crippen LogP contribution in [0.5, 0.6) is 0 Å². The van der Waals surface area contributed by atoms with Gasteiger partial charge in [0, 0.05) is 13.1 Å². The van der Waals surface area contributed by atoms with Crippen molar-refractivity contribution >= 4 is 5.91 Å². The van der Waals surface area contributed by atoms with E-state index in [1.807, 2.05) is 0 Å². The second kappa shape index (κ2) is 5.86. The maximum absolute atomic E-state index is 12.7. The third kappa shape index (κ3) is 3.46. The van der Waals surface area contributed by atoms with Crippen molar-refractivity contribution in [3.63, 3.8) is 0 Å². The molecule has 0 aliphatic carbocycles. The molecule has 100 valence electrons. The number of nitrogens with zero attached hydrogens (tertiary/aromatic N) is 1. The zero-order chi connectivity index (χ0) is 13.8. The van der Waals surface area contributed by atoms with Gasteiger partial charge >= 0.3 is 6.18 Å². The Morgan fingerprint density at radius 3 is 2.28 bits per heavy atom. The van der Waals surface area contributed by atoms with Gasteiger partial charge in [-0.2, -0.15) is 13.2 Å². The van der Waals surface area contributed by atoms with Crippen LogP contribution in [-0.4, -0.2) is 24.0 Å². The average molecular weight is 260 g/mol. The van der Waals surface area contributed by atoms with E-state index in [-0.39, 0.29) is 5.56 Å². The second-order valence-corrected chi connectivity index (χ2v) is 3.66. The molecule has 18 heavy (non-hydrogen) atoms. The molecule has 0 aromatic heterocycles. The molecule has 1 aromatic carbocycles. The first kappa shape index (κ1) is 14.5. The second-order valence-electron chi connectivity index (χ2n) is 3.66. The van der Waals surface area contributed by atoms with Crippen LogP contribution in [0.2, 0.25) is 0 Å². The Morgan fingerprint density at radius 2 is 1.78 bits per heavy atom. The minimum Gasteiger partial charge on any atom is -0.285 e. The van der Waals surface area contributed by atoms with Gasteiger partial charge in [0.2, 0.25) is 0 Å². The molecule has 0 aliphatic rings. The fourth-order valence-corrected chi connectivity index (χ4v) is 1.51. The van der Waals surface area contributed by atoms with E-state index in [2.05, 4.69) is 5.43 Å². The molecule has 0 bridgehead atoms. The fourth-order valence-electron chi connectivity index (χ4n) is 1.51. The Kier molecular flexibility index (Phi) is 4.72. The molecule has 0 atom stereocenters. The van der Waals surface area contributed by atoms with Crippen LogP contribution in [-0.2, 0) is 6.18 Å². The lowest BCUT2D eigenvalue weighted by Gasteiger charge is -2.20. The Hall–Kier alpha value is -1.56. The molecule has 0 heterocycles. The SMILES string of the molecule is CCN(CC)NC(=O)c1ccccc1C(F)(F)F. The van der Waals surface area contributed by atoms with E-state index in [1.54, 1.807) is 13.8 Å². The van der Waals surface area contributed by atoms with Crippen molar-refractivity contribution in [2.24, 2.45) is 0 Å². The first-order valence-electron chi connectivity index (χ1n) is 5.62. The number of halogens is 3. The van der Waals surface area contributed by atoms with Crippen LogP contribution in [0.25, 0.3) is 0 Å². The summed E-state index contributed by atoms with van der Waals surface area (Å²) in [6.45, 7) is 4.66. The number of rotatable bonds is 4. The lowest BCUT2D eigenvalue weighted by Crippen LogP contribution is -2.42. The summed E-state index contributed by atoms with van der Waals surface area (Å²) >= 11 is 0. The Morgan fingerprint density at radius 1 is 1.22 bits per heavy atom. The third-order valence-corrected chi connectivity index (χ3v) is 2.50. The van der Waals surface area contributed by atoms with Crippen LogP contribution in [0.3, 0.4) is 0 Å². The Bertz CT molecular complexity index is 414. The summed E-state index contributed by atoms with van der Waals surface area (Å²) in [6.07, 6.45) is -4.53. The van der Waals surface area contributed by atoms with Gasteiger partial charge in [-0.05, 0) is 12.1 Å². The minimum atomic E-state index is -4.53. The topological polar surface area (TPSA) is 32.3 Å². The van der Waals surface area contributed by atoms with Crippen LogP contribution in [0.1, 0.15) is 29.8 Å². The number of hydrogen-bond donors (Lipinski definition) is 1. The summed E-state index contributed by atoms with van der Waals surface area (Å²) in [4.78, 5) is 11.8. The number of nitrogens with one attached hydrogen (secondary N) is 1. The molecule has 6 heteroatoms. The molecule has 1 N–H and O–H groups in total. The lowest BCUT2D eigenvalue weighted by atomic mass is 10.1. The van der Waals surface area contributed by atoms with E-state index in [9.17, 15) is 18.0 Å². The van der Waals surface area contributed by atoms with Crippen LogP contribution in [0, 0.1) is 0 Å². The predicted octanol–water partition coefficient (Wildman–Crippen LogP) is 2.69. The van der Waals surface area contributed by atoms with Gasteiger partial charge in [-0.3, -0.25) is 10.2 Å². The Labute approximate surface area is 104 Å². The van der Waals surface area contributed by atoms with Crippen LogP contribution < -0.4 is 5.43 Å². The van der Waals surface area contributed by atoms with E-state index in [0.717, 1.165) is 6.07 Å². The summed E-state index contributed by atoms with van der Waals surface area (Å²) in [7, 11) is 0. The number of alkyl halides is 3. The minimum absolute atomic E-state index is 0.364. The van der Waals surface area contributed by atoms with E-state index >= 15 is 0 Å². The molecule has 3 nitrogen and oxygen atoms in total. The van der Waals surface area contributed by atoms with E-state index in [4.69, 9.17) is 0 Å². The highest BCUT2D eigenvalue weighted by molar-refractivity contribution is 5.95.